The van der Waals surface area contributed by atoms with Crippen LogP contribution in [0, 0.1) is 13.8 Å². The van der Waals surface area contributed by atoms with Gasteiger partial charge in [0.25, 0.3) is 5.91 Å². The van der Waals surface area contributed by atoms with Gasteiger partial charge in [-0.1, -0.05) is 31.2 Å². The second-order valence-electron chi connectivity index (χ2n) is 9.99. The molecule has 0 aromatic heterocycles. The Morgan fingerprint density at radius 3 is 2.28 bits per heavy atom. The highest BCUT2D eigenvalue weighted by molar-refractivity contribution is 6.04. The van der Waals surface area contributed by atoms with Gasteiger partial charge in [0.05, 0.1) is 18.4 Å². The quantitative estimate of drug-likeness (QED) is 0.343. The predicted molar refractivity (Wildman–Crippen MR) is 160 cm³/mol. The van der Waals surface area contributed by atoms with Crippen molar-refractivity contribution in [3.8, 4) is 5.75 Å². The molecule has 206 valence electrons. The van der Waals surface area contributed by atoms with Gasteiger partial charge in [0.1, 0.15) is 5.75 Å². The summed E-state index contributed by atoms with van der Waals surface area (Å²) < 4.78 is 5.55. The van der Waals surface area contributed by atoms with Crippen LogP contribution in [0.25, 0.3) is 0 Å². The number of aryl methyl sites for hydroxylation is 1. The van der Waals surface area contributed by atoms with Crippen LogP contribution in [0.2, 0.25) is 0 Å². The summed E-state index contributed by atoms with van der Waals surface area (Å²) in [5, 5.41) is 8.91. The van der Waals surface area contributed by atoms with Gasteiger partial charge in [-0.2, -0.15) is 0 Å². The van der Waals surface area contributed by atoms with E-state index in [1.54, 1.807) is 13.2 Å². The summed E-state index contributed by atoms with van der Waals surface area (Å²) in [4.78, 5) is 30.7. The van der Waals surface area contributed by atoms with Crippen molar-refractivity contribution in [1.82, 2.24) is 5.32 Å². The van der Waals surface area contributed by atoms with Crippen LogP contribution >= 0.6 is 0 Å². The average Bonchev–Trinajstić information content (AvgIpc) is 2.95. The molecule has 0 aliphatic carbocycles. The van der Waals surface area contributed by atoms with E-state index in [4.69, 9.17) is 4.74 Å². The smallest absolute Gasteiger partial charge is 0.323 e. The summed E-state index contributed by atoms with van der Waals surface area (Å²) in [5.41, 5.74) is 5.91. The number of anilines is 4. The Bertz CT molecular complexity index is 1320. The van der Waals surface area contributed by atoms with Crippen molar-refractivity contribution >= 4 is 34.7 Å². The zero-order valence-electron chi connectivity index (χ0n) is 23.5. The van der Waals surface area contributed by atoms with Gasteiger partial charge in [-0.05, 0) is 74.7 Å². The molecular formula is C31H39N5O3. The fourth-order valence-corrected chi connectivity index (χ4v) is 4.73. The van der Waals surface area contributed by atoms with Gasteiger partial charge in [0.2, 0.25) is 0 Å². The van der Waals surface area contributed by atoms with Gasteiger partial charge in [0, 0.05) is 49.3 Å². The number of rotatable bonds is 8. The van der Waals surface area contributed by atoms with Gasteiger partial charge in [-0.25, -0.2) is 4.79 Å². The number of carbonyl (C=O) groups is 2. The molecule has 8 nitrogen and oxygen atoms in total. The van der Waals surface area contributed by atoms with Gasteiger partial charge < -0.3 is 30.5 Å². The summed E-state index contributed by atoms with van der Waals surface area (Å²) in [6, 6.07) is 19.1. The van der Waals surface area contributed by atoms with Crippen molar-refractivity contribution in [2.45, 2.75) is 40.2 Å². The summed E-state index contributed by atoms with van der Waals surface area (Å²) in [5.74, 6) is 0.708. The first-order valence-electron chi connectivity index (χ1n) is 13.5. The molecule has 3 N–H and O–H groups in total. The summed E-state index contributed by atoms with van der Waals surface area (Å²) in [7, 11) is 1.69. The van der Waals surface area contributed by atoms with E-state index in [9.17, 15) is 9.59 Å². The summed E-state index contributed by atoms with van der Waals surface area (Å²) in [6.45, 7) is 11.1. The maximum Gasteiger partial charge on any atom is 0.323 e. The number of carbonyl (C=O) groups excluding carboxylic acids is 2. The van der Waals surface area contributed by atoms with Crippen molar-refractivity contribution in [2.75, 3.05) is 53.7 Å². The lowest BCUT2D eigenvalue weighted by molar-refractivity contribution is 0.0939. The largest absolute Gasteiger partial charge is 0.495 e. The third-order valence-electron chi connectivity index (χ3n) is 7.39. The van der Waals surface area contributed by atoms with Crippen LogP contribution in [0.4, 0.5) is 27.5 Å². The van der Waals surface area contributed by atoms with Crippen molar-refractivity contribution in [3.05, 3.63) is 77.4 Å². The first-order chi connectivity index (χ1) is 18.8. The Hall–Kier alpha value is -4.20. The SMILES string of the molecule is CCC(C)NC(=O)c1cc(NC(=O)Nc2cccc(C)c2C)ccc1N1CCN(c2ccccc2OC)CC1. The number of hydrogen-bond donors (Lipinski definition) is 3. The van der Waals surface area contributed by atoms with Crippen LogP contribution in [0.1, 0.15) is 41.8 Å². The highest BCUT2D eigenvalue weighted by atomic mass is 16.5. The molecule has 1 atom stereocenters. The molecule has 1 aliphatic rings. The summed E-state index contributed by atoms with van der Waals surface area (Å²) in [6.07, 6.45) is 0.828. The highest BCUT2D eigenvalue weighted by Gasteiger charge is 2.24. The molecule has 0 saturated carbocycles. The Balaban J connectivity index is 1.53. The third kappa shape index (κ3) is 6.63. The molecule has 3 aromatic carbocycles. The number of amides is 3. The number of hydrogen-bond acceptors (Lipinski definition) is 5. The molecule has 3 amide bonds. The Morgan fingerprint density at radius 2 is 1.59 bits per heavy atom. The van der Waals surface area contributed by atoms with Crippen LogP contribution in [0.15, 0.2) is 60.7 Å². The fourth-order valence-electron chi connectivity index (χ4n) is 4.73. The molecule has 0 spiro atoms. The van der Waals surface area contributed by atoms with Crippen molar-refractivity contribution in [3.63, 3.8) is 0 Å². The molecule has 0 bridgehead atoms. The normalized spacial score (nSPS) is 14.0. The Labute approximate surface area is 231 Å². The molecule has 1 fully saturated rings. The number of para-hydroxylation sites is 2. The maximum atomic E-state index is 13.4. The highest BCUT2D eigenvalue weighted by Crippen LogP contribution is 2.31. The molecule has 8 heteroatoms. The van der Waals surface area contributed by atoms with Crippen LogP contribution in [0.3, 0.4) is 0 Å². The van der Waals surface area contributed by atoms with Crippen LogP contribution < -0.4 is 30.5 Å². The molecule has 39 heavy (non-hydrogen) atoms. The van der Waals surface area contributed by atoms with Crippen molar-refractivity contribution in [2.24, 2.45) is 0 Å². The van der Waals surface area contributed by atoms with E-state index >= 15 is 0 Å². The van der Waals surface area contributed by atoms with E-state index < -0.39 is 0 Å². The van der Waals surface area contributed by atoms with Crippen LogP contribution in [0.5, 0.6) is 5.75 Å². The molecule has 1 unspecified atom stereocenters. The third-order valence-corrected chi connectivity index (χ3v) is 7.39. The van der Waals surface area contributed by atoms with E-state index in [-0.39, 0.29) is 18.0 Å². The molecule has 3 aromatic rings. The minimum atomic E-state index is -0.352. The average molecular weight is 530 g/mol. The van der Waals surface area contributed by atoms with E-state index in [0.29, 0.717) is 11.3 Å². The molecule has 4 rings (SSSR count). The van der Waals surface area contributed by atoms with E-state index in [1.165, 1.54) is 0 Å². The van der Waals surface area contributed by atoms with Crippen LogP contribution in [-0.2, 0) is 0 Å². The Kier molecular flexibility index (Phi) is 8.96. The lowest BCUT2D eigenvalue weighted by Crippen LogP contribution is -2.47. The van der Waals surface area contributed by atoms with Gasteiger partial charge in [-0.3, -0.25) is 4.79 Å². The number of ether oxygens (including phenoxy) is 1. The monoisotopic (exact) mass is 529 g/mol. The van der Waals surface area contributed by atoms with E-state index in [0.717, 1.165) is 66.5 Å². The van der Waals surface area contributed by atoms with Crippen molar-refractivity contribution < 1.29 is 14.3 Å². The maximum absolute atomic E-state index is 13.4. The number of piperazine rings is 1. The van der Waals surface area contributed by atoms with E-state index in [1.807, 2.05) is 76.2 Å². The first-order valence-corrected chi connectivity index (χ1v) is 13.5. The molecular weight excluding hydrogens is 490 g/mol. The number of benzene rings is 3. The standard InChI is InChI=1S/C31H39N5O3/c1-6-22(3)32-30(37)25-20-24(33-31(38)34-26-11-9-10-21(2)23(26)4)14-15-27(25)35-16-18-36(19-17-35)28-12-7-8-13-29(28)39-5/h7-15,20,22H,6,16-19H2,1-5H3,(H,32,37)(H2,33,34,38). The number of urea groups is 1. The second-order valence-corrected chi connectivity index (χ2v) is 9.99. The number of nitrogens with one attached hydrogen (secondary N) is 3. The molecule has 1 saturated heterocycles. The molecule has 0 radical (unpaired) electrons. The molecule has 1 aliphatic heterocycles. The molecule has 1 heterocycles. The zero-order valence-corrected chi connectivity index (χ0v) is 23.5. The van der Waals surface area contributed by atoms with Gasteiger partial charge >= 0.3 is 6.03 Å². The number of methoxy groups -OCH3 is 1. The summed E-state index contributed by atoms with van der Waals surface area (Å²) >= 11 is 0. The van der Waals surface area contributed by atoms with Crippen LogP contribution in [-0.4, -0.2) is 51.3 Å². The topological polar surface area (TPSA) is 85.9 Å². The lowest BCUT2D eigenvalue weighted by Gasteiger charge is -2.38. The first kappa shape index (κ1) is 27.8. The van der Waals surface area contributed by atoms with E-state index in [2.05, 4.69) is 31.8 Å². The predicted octanol–water partition coefficient (Wildman–Crippen LogP) is 5.81. The number of nitrogens with zero attached hydrogens (tertiary/aromatic N) is 2. The Morgan fingerprint density at radius 1 is 0.897 bits per heavy atom. The lowest BCUT2D eigenvalue weighted by atomic mass is 10.1. The minimum absolute atomic E-state index is 0.0388. The minimum Gasteiger partial charge on any atom is -0.495 e. The second kappa shape index (κ2) is 12.6. The van der Waals surface area contributed by atoms with Crippen molar-refractivity contribution in [1.29, 1.82) is 0 Å². The van der Waals surface area contributed by atoms with Gasteiger partial charge in [0.15, 0.2) is 0 Å². The van der Waals surface area contributed by atoms with Gasteiger partial charge in [-0.15, -0.1) is 0 Å². The fraction of sp³-hybridized carbons (Fsp3) is 0.355. The zero-order chi connectivity index (χ0) is 27.9.